The van der Waals surface area contributed by atoms with E-state index in [-0.39, 0.29) is 5.56 Å². The number of hydrogen-bond acceptors (Lipinski definition) is 2. The smallest absolute Gasteiger partial charge is 0.341 e. The topological polar surface area (TPSA) is 59.3 Å². The van der Waals surface area contributed by atoms with E-state index in [0.29, 0.717) is 0 Å². The van der Waals surface area contributed by atoms with E-state index in [4.69, 9.17) is 5.11 Å². The third-order valence-electron chi connectivity index (χ3n) is 1.79. The molecule has 0 aliphatic heterocycles. The normalized spacial score (nSPS) is 9.83. The molecule has 0 saturated carbocycles. The van der Waals surface area contributed by atoms with Crippen LogP contribution in [-0.2, 0) is 7.05 Å². The summed E-state index contributed by atoms with van der Waals surface area (Å²) in [5.74, 6) is -1.18. The Hall–Kier alpha value is -1.58. The predicted molar refractivity (Wildman–Crippen MR) is 43.4 cm³/mol. The first-order chi connectivity index (χ1) is 5.54. The molecule has 0 unspecified atom stereocenters. The van der Waals surface area contributed by atoms with E-state index in [2.05, 4.69) is 0 Å². The minimum absolute atomic E-state index is 0.192. The van der Waals surface area contributed by atoms with E-state index in [1.54, 1.807) is 20.0 Å². The van der Waals surface area contributed by atoms with Gasteiger partial charge in [-0.25, -0.2) is 4.79 Å². The molecule has 4 nitrogen and oxygen atoms in total. The lowest BCUT2D eigenvalue weighted by Crippen LogP contribution is -2.25. The van der Waals surface area contributed by atoms with Crippen LogP contribution in [0.3, 0.4) is 0 Å². The maximum absolute atomic E-state index is 11.2. The molecule has 0 aliphatic rings. The molecule has 0 fully saturated rings. The average molecular weight is 167 g/mol. The Bertz CT molecular complexity index is 378. The minimum Gasteiger partial charge on any atom is -0.477 e. The highest BCUT2D eigenvalue weighted by molar-refractivity contribution is 5.87. The average Bonchev–Trinajstić information content (AvgIpc) is 2.00. The molecule has 12 heavy (non-hydrogen) atoms. The molecule has 4 heteroatoms. The molecule has 0 amide bonds. The van der Waals surface area contributed by atoms with Crippen LogP contribution in [0, 0.1) is 6.92 Å². The molecule has 0 aromatic carbocycles. The number of hydrogen-bond donors (Lipinski definition) is 1. The van der Waals surface area contributed by atoms with Crippen molar-refractivity contribution in [3.05, 3.63) is 33.7 Å². The van der Waals surface area contributed by atoms with Crippen LogP contribution in [-0.4, -0.2) is 15.6 Å². The molecule has 0 bridgehead atoms. The maximum Gasteiger partial charge on any atom is 0.341 e. The Labute approximate surface area is 69.1 Å². The molecule has 0 atom stereocenters. The van der Waals surface area contributed by atoms with E-state index < -0.39 is 11.5 Å². The van der Waals surface area contributed by atoms with Crippen molar-refractivity contribution in [3.8, 4) is 0 Å². The van der Waals surface area contributed by atoms with E-state index in [0.717, 1.165) is 5.69 Å². The number of carboxylic acids is 1. The number of carboxylic acid groups (broad SMARTS) is 1. The fourth-order valence-corrected chi connectivity index (χ4v) is 0.891. The lowest BCUT2D eigenvalue weighted by molar-refractivity contribution is 0.0694. The number of aromatic carboxylic acids is 1. The van der Waals surface area contributed by atoms with Crippen LogP contribution in [0.5, 0.6) is 0 Å². The predicted octanol–water partition coefficient (Wildman–Crippen LogP) is 0.392. The van der Waals surface area contributed by atoms with Crippen LogP contribution < -0.4 is 5.56 Å². The summed E-state index contributed by atoms with van der Waals surface area (Å²) in [7, 11) is 1.55. The van der Waals surface area contributed by atoms with Gasteiger partial charge in [0.05, 0.1) is 0 Å². The number of aryl methyl sites for hydroxylation is 1. The Morgan fingerprint density at radius 2 is 2.08 bits per heavy atom. The molecule has 0 spiro atoms. The molecule has 1 aromatic rings. The number of nitrogens with zero attached hydrogens (tertiary/aromatic N) is 1. The molecule has 1 aromatic heterocycles. The molecule has 0 saturated heterocycles. The number of rotatable bonds is 1. The summed E-state index contributed by atoms with van der Waals surface area (Å²) in [6.45, 7) is 1.74. The highest BCUT2D eigenvalue weighted by atomic mass is 16.4. The Morgan fingerprint density at radius 1 is 1.50 bits per heavy atom. The van der Waals surface area contributed by atoms with Crippen molar-refractivity contribution in [1.82, 2.24) is 4.57 Å². The summed E-state index contributed by atoms with van der Waals surface area (Å²) in [5, 5.41) is 8.57. The van der Waals surface area contributed by atoms with E-state index in [1.165, 1.54) is 10.6 Å². The van der Waals surface area contributed by atoms with Crippen LogP contribution in [0.1, 0.15) is 16.1 Å². The van der Waals surface area contributed by atoms with Gasteiger partial charge >= 0.3 is 5.97 Å². The van der Waals surface area contributed by atoms with Gasteiger partial charge in [-0.3, -0.25) is 4.79 Å². The first-order valence-corrected chi connectivity index (χ1v) is 3.44. The fourth-order valence-electron chi connectivity index (χ4n) is 0.891. The largest absolute Gasteiger partial charge is 0.477 e. The summed E-state index contributed by atoms with van der Waals surface area (Å²) in [6.07, 6.45) is 0. The Morgan fingerprint density at radius 3 is 2.58 bits per heavy atom. The first kappa shape index (κ1) is 8.52. The summed E-state index contributed by atoms with van der Waals surface area (Å²) >= 11 is 0. The van der Waals surface area contributed by atoms with Gasteiger partial charge in [0.2, 0.25) is 0 Å². The summed E-state index contributed by atoms with van der Waals surface area (Å²) in [6, 6.07) is 2.92. The lowest BCUT2D eigenvalue weighted by atomic mass is 10.2. The van der Waals surface area contributed by atoms with Crippen molar-refractivity contribution in [3.63, 3.8) is 0 Å². The second-order valence-corrected chi connectivity index (χ2v) is 2.56. The van der Waals surface area contributed by atoms with Crippen LogP contribution in [0.25, 0.3) is 0 Å². The van der Waals surface area contributed by atoms with E-state index in [1.807, 2.05) is 0 Å². The molecule has 1 heterocycles. The Kier molecular flexibility index (Phi) is 1.99. The van der Waals surface area contributed by atoms with Gasteiger partial charge in [-0.2, -0.15) is 0 Å². The minimum atomic E-state index is -1.18. The summed E-state index contributed by atoms with van der Waals surface area (Å²) in [5.41, 5.74) is 0.0793. The highest BCUT2D eigenvalue weighted by Gasteiger charge is 2.09. The monoisotopic (exact) mass is 167 g/mol. The van der Waals surface area contributed by atoms with Gasteiger partial charge in [0.25, 0.3) is 5.56 Å². The van der Waals surface area contributed by atoms with Crippen molar-refractivity contribution in [2.45, 2.75) is 6.92 Å². The molecule has 0 aliphatic carbocycles. The Balaban J connectivity index is 3.47. The van der Waals surface area contributed by atoms with Crippen LogP contribution in [0.4, 0.5) is 0 Å². The molecular weight excluding hydrogens is 158 g/mol. The molecule has 64 valence electrons. The number of aromatic nitrogens is 1. The number of carbonyl (C=O) groups is 1. The van der Waals surface area contributed by atoms with Crippen LogP contribution in [0.15, 0.2) is 16.9 Å². The molecular formula is C8H9NO3. The standard InChI is InChI=1S/C8H9NO3/c1-5-3-4-6(8(11)12)7(10)9(5)2/h3-4H,1-2H3,(H,11,12). The van der Waals surface area contributed by atoms with Gasteiger partial charge in [0, 0.05) is 12.7 Å². The molecule has 1 N–H and O–H groups in total. The van der Waals surface area contributed by atoms with Crippen molar-refractivity contribution in [2.24, 2.45) is 7.05 Å². The van der Waals surface area contributed by atoms with Gasteiger partial charge in [-0.05, 0) is 19.1 Å². The van der Waals surface area contributed by atoms with Gasteiger partial charge in [-0.15, -0.1) is 0 Å². The van der Waals surface area contributed by atoms with Crippen LogP contribution >= 0.6 is 0 Å². The third kappa shape index (κ3) is 1.23. The number of pyridine rings is 1. The van der Waals surface area contributed by atoms with Crippen molar-refractivity contribution in [1.29, 1.82) is 0 Å². The zero-order chi connectivity index (χ0) is 9.30. The quantitative estimate of drug-likeness (QED) is 0.658. The van der Waals surface area contributed by atoms with Crippen LogP contribution in [0.2, 0.25) is 0 Å². The lowest BCUT2D eigenvalue weighted by Gasteiger charge is -2.02. The van der Waals surface area contributed by atoms with Gasteiger partial charge in [0.15, 0.2) is 0 Å². The van der Waals surface area contributed by atoms with Gasteiger partial charge in [0.1, 0.15) is 5.56 Å². The molecule has 0 radical (unpaired) electrons. The van der Waals surface area contributed by atoms with Crippen molar-refractivity contribution < 1.29 is 9.90 Å². The van der Waals surface area contributed by atoms with E-state index >= 15 is 0 Å². The van der Waals surface area contributed by atoms with E-state index in [9.17, 15) is 9.59 Å². The highest BCUT2D eigenvalue weighted by Crippen LogP contribution is 1.95. The SMILES string of the molecule is Cc1ccc(C(=O)O)c(=O)n1C. The zero-order valence-corrected chi connectivity index (χ0v) is 6.87. The third-order valence-corrected chi connectivity index (χ3v) is 1.79. The molecule has 1 rings (SSSR count). The zero-order valence-electron chi connectivity index (χ0n) is 6.87. The van der Waals surface area contributed by atoms with Gasteiger partial charge < -0.3 is 9.67 Å². The maximum atomic E-state index is 11.2. The first-order valence-electron chi connectivity index (χ1n) is 3.44. The van der Waals surface area contributed by atoms with Gasteiger partial charge in [-0.1, -0.05) is 0 Å². The summed E-state index contributed by atoms with van der Waals surface area (Å²) < 4.78 is 1.31. The second kappa shape index (κ2) is 2.81. The van der Waals surface area contributed by atoms with Crippen molar-refractivity contribution in [2.75, 3.05) is 0 Å². The fraction of sp³-hybridized carbons (Fsp3) is 0.250. The second-order valence-electron chi connectivity index (χ2n) is 2.56. The summed E-state index contributed by atoms with van der Waals surface area (Å²) in [4.78, 5) is 21.7. The van der Waals surface area contributed by atoms with Crippen molar-refractivity contribution >= 4 is 5.97 Å².